The fraction of sp³-hybridized carbons (Fsp3) is 0.529. The summed E-state index contributed by atoms with van der Waals surface area (Å²) >= 11 is 0. The van der Waals surface area contributed by atoms with E-state index in [1.54, 1.807) is 0 Å². The second kappa shape index (κ2) is 5.98. The van der Waals surface area contributed by atoms with Crippen molar-refractivity contribution in [3.8, 4) is 0 Å². The Kier molecular flexibility index (Phi) is 4.47. The molecule has 1 aromatic heterocycles. The molecule has 1 heterocycles. The number of hydrogen-bond donors (Lipinski definition) is 1. The number of benzene rings is 1. The van der Waals surface area contributed by atoms with E-state index in [1.165, 1.54) is 11.1 Å². The number of nitrogens with two attached hydrogens (primary N) is 1. The second-order valence-corrected chi connectivity index (χ2v) is 6.89. The molecule has 2 aromatic rings. The van der Waals surface area contributed by atoms with Crippen LogP contribution in [0.15, 0.2) is 24.3 Å². The molecular formula is C17H26N4. The molecule has 0 aliphatic rings. The van der Waals surface area contributed by atoms with Crippen molar-refractivity contribution in [2.24, 2.45) is 5.73 Å². The van der Waals surface area contributed by atoms with Gasteiger partial charge in [-0.25, -0.2) is 4.68 Å². The SMILES string of the molecule is CC(C)c1ccc(Cn2nnc(CN)c2C(C)(C)C)cc1. The van der Waals surface area contributed by atoms with Crippen LogP contribution in [0.5, 0.6) is 0 Å². The van der Waals surface area contributed by atoms with Crippen LogP contribution in [0.1, 0.15) is 63.1 Å². The van der Waals surface area contributed by atoms with Crippen LogP contribution in [0, 0.1) is 0 Å². The first-order chi connectivity index (χ1) is 9.82. The van der Waals surface area contributed by atoms with Crippen LogP contribution in [0.4, 0.5) is 0 Å². The minimum atomic E-state index is -0.0178. The molecule has 0 amide bonds. The summed E-state index contributed by atoms with van der Waals surface area (Å²) in [4.78, 5) is 0. The van der Waals surface area contributed by atoms with E-state index >= 15 is 0 Å². The highest BCUT2D eigenvalue weighted by molar-refractivity contribution is 5.26. The van der Waals surface area contributed by atoms with Crippen LogP contribution < -0.4 is 5.73 Å². The van der Waals surface area contributed by atoms with Crippen molar-refractivity contribution >= 4 is 0 Å². The highest BCUT2D eigenvalue weighted by atomic mass is 15.4. The minimum Gasteiger partial charge on any atom is -0.325 e. The topological polar surface area (TPSA) is 56.7 Å². The predicted octanol–water partition coefficient (Wildman–Crippen LogP) is 3.21. The summed E-state index contributed by atoms with van der Waals surface area (Å²) in [6, 6.07) is 8.73. The highest BCUT2D eigenvalue weighted by Crippen LogP contribution is 2.25. The lowest BCUT2D eigenvalue weighted by atomic mass is 9.90. The number of hydrogen-bond acceptors (Lipinski definition) is 3. The average molecular weight is 286 g/mol. The molecular weight excluding hydrogens is 260 g/mol. The van der Waals surface area contributed by atoms with Gasteiger partial charge in [-0.2, -0.15) is 0 Å². The Morgan fingerprint density at radius 3 is 2.24 bits per heavy atom. The van der Waals surface area contributed by atoms with Crippen molar-refractivity contribution in [3.63, 3.8) is 0 Å². The van der Waals surface area contributed by atoms with Crippen LogP contribution >= 0.6 is 0 Å². The summed E-state index contributed by atoms with van der Waals surface area (Å²) in [5.41, 5.74) is 10.4. The zero-order chi connectivity index (χ0) is 15.6. The lowest BCUT2D eigenvalue weighted by molar-refractivity contribution is 0.498. The van der Waals surface area contributed by atoms with Crippen molar-refractivity contribution in [2.45, 2.75) is 59.0 Å². The van der Waals surface area contributed by atoms with E-state index in [-0.39, 0.29) is 5.41 Å². The minimum absolute atomic E-state index is 0.0178. The number of nitrogens with zero attached hydrogens (tertiary/aromatic N) is 3. The third kappa shape index (κ3) is 3.50. The molecule has 0 aliphatic heterocycles. The van der Waals surface area contributed by atoms with E-state index in [0.29, 0.717) is 12.5 Å². The number of rotatable bonds is 4. The van der Waals surface area contributed by atoms with E-state index in [4.69, 9.17) is 5.73 Å². The third-order valence-electron chi connectivity index (χ3n) is 3.69. The van der Waals surface area contributed by atoms with Crippen molar-refractivity contribution in [1.82, 2.24) is 15.0 Å². The van der Waals surface area contributed by atoms with Gasteiger partial charge in [-0.3, -0.25) is 0 Å². The smallest absolute Gasteiger partial charge is 0.1000 e. The Bertz CT molecular complexity index is 588. The first kappa shape index (κ1) is 15.7. The molecule has 0 aliphatic carbocycles. The van der Waals surface area contributed by atoms with E-state index in [0.717, 1.165) is 17.9 Å². The quantitative estimate of drug-likeness (QED) is 0.939. The molecule has 0 saturated heterocycles. The summed E-state index contributed by atoms with van der Waals surface area (Å²) in [6.45, 7) is 12.1. The van der Waals surface area contributed by atoms with Gasteiger partial charge in [-0.15, -0.1) is 5.10 Å². The largest absolute Gasteiger partial charge is 0.325 e. The summed E-state index contributed by atoms with van der Waals surface area (Å²) in [6.07, 6.45) is 0. The second-order valence-electron chi connectivity index (χ2n) is 6.89. The van der Waals surface area contributed by atoms with E-state index < -0.39 is 0 Å². The van der Waals surface area contributed by atoms with Crippen LogP contribution in [0.25, 0.3) is 0 Å². The van der Waals surface area contributed by atoms with Crippen LogP contribution in [0.3, 0.4) is 0 Å². The van der Waals surface area contributed by atoms with Gasteiger partial charge in [-0.05, 0) is 17.0 Å². The Labute approximate surface area is 127 Å². The van der Waals surface area contributed by atoms with Gasteiger partial charge < -0.3 is 5.73 Å². The molecule has 2 N–H and O–H groups in total. The van der Waals surface area contributed by atoms with Crippen molar-refractivity contribution < 1.29 is 0 Å². The summed E-state index contributed by atoms with van der Waals surface area (Å²) < 4.78 is 1.98. The predicted molar refractivity (Wildman–Crippen MR) is 86.2 cm³/mol. The van der Waals surface area contributed by atoms with Gasteiger partial charge in [-0.1, -0.05) is 64.1 Å². The molecule has 114 valence electrons. The summed E-state index contributed by atoms with van der Waals surface area (Å²) in [5.74, 6) is 0.555. The van der Waals surface area contributed by atoms with Crippen molar-refractivity contribution in [3.05, 3.63) is 46.8 Å². The maximum atomic E-state index is 5.79. The van der Waals surface area contributed by atoms with Gasteiger partial charge in [0.25, 0.3) is 0 Å². The molecule has 2 rings (SSSR count). The van der Waals surface area contributed by atoms with Gasteiger partial charge in [0, 0.05) is 12.0 Å². The molecule has 4 nitrogen and oxygen atoms in total. The van der Waals surface area contributed by atoms with E-state index in [9.17, 15) is 0 Å². The van der Waals surface area contributed by atoms with Gasteiger partial charge in [0.15, 0.2) is 0 Å². The van der Waals surface area contributed by atoms with Gasteiger partial charge in [0.1, 0.15) is 0 Å². The molecule has 0 atom stereocenters. The molecule has 0 spiro atoms. The van der Waals surface area contributed by atoms with E-state index in [2.05, 4.69) is 69.2 Å². The standard InChI is InChI=1S/C17H26N4/c1-12(2)14-8-6-13(7-9-14)11-21-16(17(3,4)5)15(10-18)19-20-21/h6-9,12H,10-11,18H2,1-5H3. The average Bonchev–Trinajstić information content (AvgIpc) is 2.82. The van der Waals surface area contributed by atoms with Crippen LogP contribution in [-0.2, 0) is 18.5 Å². The highest BCUT2D eigenvalue weighted by Gasteiger charge is 2.24. The van der Waals surface area contributed by atoms with Crippen LogP contribution in [-0.4, -0.2) is 15.0 Å². The van der Waals surface area contributed by atoms with Crippen molar-refractivity contribution in [2.75, 3.05) is 0 Å². The molecule has 4 heteroatoms. The maximum Gasteiger partial charge on any atom is 0.1000 e. The van der Waals surface area contributed by atoms with Crippen LogP contribution in [0.2, 0.25) is 0 Å². The molecule has 0 bridgehead atoms. The molecule has 1 aromatic carbocycles. The normalized spacial score (nSPS) is 12.1. The fourth-order valence-electron chi connectivity index (χ4n) is 2.60. The van der Waals surface area contributed by atoms with Gasteiger partial charge in [0.05, 0.1) is 17.9 Å². The molecule has 0 unspecified atom stereocenters. The summed E-state index contributed by atoms with van der Waals surface area (Å²) in [5, 5.41) is 8.52. The Balaban J connectivity index is 2.29. The molecule has 21 heavy (non-hydrogen) atoms. The zero-order valence-corrected chi connectivity index (χ0v) is 13.7. The van der Waals surface area contributed by atoms with Gasteiger partial charge >= 0.3 is 0 Å². The monoisotopic (exact) mass is 286 g/mol. The lowest BCUT2D eigenvalue weighted by Crippen LogP contribution is -2.21. The molecule has 0 fully saturated rings. The summed E-state index contributed by atoms with van der Waals surface area (Å²) in [7, 11) is 0. The first-order valence-corrected chi connectivity index (χ1v) is 7.54. The third-order valence-corrected chi connectivity index (χ3v) is 3.69. The zero-order valence-electron chi connectivity index (χ0n) is 13.7. The Hall–Kier alpha value is -1.68. The first-order valence-electron chi connectivity index (χ1n) is 7.54. The lowest BCUT2D eigenvalue weighted by Gasteiger charge is -2.21. The fourth-order valence-corrected chi connectivity index (χ4v) is 2.60. The van der Waals surface area contributed by atoms with E-state index in [1.807, 2.05) is 4.68 Å². The number of aromatic nitrogens is 3. The molecule has 0 radical (unpaired) electrons. The maximum absolute atomic E-state index is 5.79. The van der Waals surface area contributed by atoms with Gasteiger partial charge in [0.2, 0.25) is 0 Å². The Morgan fingerprint density at radius 2 is 1.76 bits per heavy atom. The Morgan fingerprint density at radius 1 is 1.14 bits per heavy atom. The molecule has 0 saturated carbocycles. The van der Waals surface area contributed by atoms with Crippen molar-refractivity contribution in [1.29, 1.82) is 0 Å².